The first-order valence-corrected chi connectivity index (χ1v) is 6.20. The third-order valence-electron chi connectivity index (χ3n) is 3.94. The van der Waals surface area contributed by atoms with Gasteiger partial charge in [-0.1, -0.05) is 19.3 Å². The Hall–Kier alpha value is -0.560. The zero-order valence-corrected chi connectivity index (χ0v) is 10.8. The first kappa shape index (κ1) is 13.5. The average molecular weight is 223 g/mol. The molecular weight excluding hydrogens is 198 g/mol. The molecular formula is C13H25N3. The van der Waals surface area contributed by atoms with Gasteiger partial charge in [-0.3, -0.25) is 11.3 Å². The van der Waals surface area contributed by atoms with Crippen LogP contribution in [0.25, 0.3) is 0 Å². The Labute approximate surface area is 99.7 Å². The number of hydrazine groups is 1. The molecule has 1 aliphatic carbocycles. The van der Waals surface area contributed by atoms with Crippen LogP contribution < -0.4 is 11.3 Å². The summed E-state index contributed by atoms with van der Waals surface area (Å²) >= 11 is 0. The van der Waals surface area contributed by atoms with E-state index in [2.05, 4.69) is 36.3 Å². The van der Waals surface area contributed by atoms with Gasteiger partial charge in [-0.15, -0.1) is 11.8 Å². The maximum Gasteiger partial charge on any atom is 0.0503 e. The zero-order chi connectivity index (χ0) is 12.0. The van der Waals surface area contributed by atoms with Crippen LogP contribution in [0.3, 0.4) is 0 Å². The topological polar surface area (TPSA) is 41.3 Å². The second-order valence-corrected chi connectivity index (χ2v) is 4.91. The lowest BCUT2D eigenvalue weighted by atomic mass is 9.74. The summed E-state index contributed by atoms with van der Waals surface area (Å²) in [4.78, 5) is 2.34. The van der Waals surface area contributed by atoms with Gasteiger partial charge in [0.05, 0.1) is 6.04 Å². The van der Waals surface area contributed by atoms with Crippen molar-refractivity contribution in [3.63, 3.8) is 0 Å². The van der Waals surface area contributed by atoms with Crippen LogP contribution >= 0.6 is 0 Å². The molecule has 0 aromatic carbocycles. The summed E-state index contributed by atoms with van der Waals surface area (Å²) in [6.45, 7) is 1.89. The third-order valence-corrected chi connectivity index (χ3v) is 3.94. The maximum absolute atomic E-state index is 5.72. The van der Waals surface area contributed by atoms with Crippen LogP contribution in [0.4, 0.5) is 0 Å². The van der Waals surface area contributed by atoms with Gasteiger partial charge in [-0.25, -0.2) is 0 Å². The minimum absolute atomic E-state index is 0.191. The van der Waals surface area contributed by atoms with Crippen LogP contribution in [0.15, 0.2) is 0 Å². The monoisotopic (exact) mass is 223 g/mol. The summed E-state index contributed by atoms with van der Waals surface area (Å²) in [6.07, 6.45) is 7.24. The Morgan fingerprint density at radius 3 is 2.38 bits per heavy atom. The van der Waals surface area contributed by atoms with E-state index < -0.39 is 0 Å². The predicted molar refractivity (Wildman–Crippen MR) is 68.7 cm³/mol. The molecule has 1 atom stereocenters. The summed E-state index contributed by atoms with van der Waals surface area (Å²) in [5.74, 6) is 11.8. The van der Waals surface area contributed by atoms with Crippen LogP contribution in [0.2, 0.25) is 0 Å². The molecule has 3 heteroatoms. The number of likely N-dealkylation sites (N-methyl/N-ethyl adjacent to an activating group) is 1. The molecule has 1 saturated carbocycles. The summed E-state index contributed by atoms with van der Waals surface area (Å²) in [5, 5.41) is 0. The van der Waals surface area contributed by atoms with Crippen LogP contribution in [-0.4, -0.2) is 30.6 Å². The van der Waals surface area contributed by atoms with Gasteiger partial charge in [0.25, 0.3) is 0 Å². The van der Waals surface area contributed by atoms with Crippen molar-refractivity contribution < 1.29 is 0 Å². The summed E-state index contributed by atoms with van der Waals surface area (Å²) in [5.41, 5.74) is 3.18. The quantitative estimate of drug-likeness (QED) is 0.431. The first-order chi connectivity index (χ1) is 7.67. The Morgan fingerprint density at radius 2 is 1.94 bits per heavy atom. The largest absolute Gasteiger partial charge is 0.302 e. The maximum atomic E-state index is 5.72. The van der Waals surface area contributed by atoms with Crippen LogP contribution in [0.1, 0.15) is 45.4 Å². The second-order valence-electron chi connectivity index (χ2n) is 4.91. The van der Waals surface area contributed by atoms with E-state index in [-0.39, 0.29) is 11.6 Å². The fraction of sp³-hybridized carbons (Fsp3) is 0.846. The first-order valence-electron chi connectivity index (χ1n) is 6.20. The molecule has 3 nitrogen and oxygen atoms in total. The molecule has 0 saturated heterocycles. The van der Waals surface area contributed by atoms with Gasteiger partial charge in [0.2, 0.25) is 0 Å². The van der Waals surface area contributed by atoms with Gasteiger partial charge >= 0.3 is 0 Å². The molecule has 92 valence electrons. The van der Waals surface area contributed by atoms with Crippen molar-refractivity contribution in [1.82, 2.24) is 10.3 Å². The lowest BCUT2D eigenvalue weighted by molar-refractivity contribution is 0.0587. The molecule has 0 aromatic rings. The van der Waals surface area contributed by atoms with E-state index in [0.717, 1.165) is 6.42 Å². The SMILES string of the molecule is CC#CCC(NN)C1(N(C)C)CCCCC1. The predicted octanol–water partition coefficient (Wildman–Crippen LogP) is 1.50. The van der Waals surface area contributed by atoms with Gasteiger partial charge in [-0.05, 0) is 33.9 Å². The number of hydrogen-bond donors (Lipinski definition) is 2. The summed E-state index contributed by atoms with van der Waals surface area (Å²) < 4.78 is 0. The molecule has 16 heavy (non-hydrogen) atoms. The van der Waals surface area contributed by atoms with E-state index in [0.29, 0.717) is 0 Å². The molecule has 3 N–H and O–H groups in total. The van der Waals surface area contributed by atoms with Crippen LogP contribution in [0, 0.1) is 11.8 Å². The standard InChI is InChI=1S/C13H25N3/c1-4-5-9-12(15-14)13(16(2)3)10-7-6-8-11-13/h12,15H,6-11,14H2,1-3H3. The molecule has 0 radical (unpaired) electrons. The van der Waals surface area contributed by atoms with Crippen LogP contribution in [-0.2, 0) is 0 Å². The van der Waals surface area contributed by atoms with Crippen molar-refractivity contribution in [2.24, 2.45) is 5.84 Å². The second kappa shape index (κ2) is 6.24. The highest BCUT2D eigenvalue weighted by Gasteiger charge is 2.40. The number of nitrogens with two attached hydrogens (primary N) is 1. The van der Waals surface area contributed by atoms with Crippen molar-refractivity contribution >= 4 is 0 Å². The number of hydrogen-bond acceptors (Lipinski definition) is 3. The van der Waals surface area contributed by atoms with Gasteiger partial charge < -0.3 is 4.90 Å². The Balaban J connectivity index is 2.82. The molecule has 0 bridgehead atoms. The molecule has 1 unspecified atom stereocenters. The third kappa shape index (κ3) is 2.76. The highest BCUT2D eigenvalue weighted by molar-refractivity contribution is 5.07. The minimum Gasteiger partial charge on any atom is -0.302 e. The molecule has 0 heterocycles. The zero-order valence-electron chi connectivity index (χ0n) is 10.8. The smallest absolute Gasteiger partial charge is 0.0503 e. The average Bonchev–Trinajstić information content (AvgIpc) is 2.31. The number of nitrogens with one attached hydrogen (secondary N) is 1. The Kier molecular flexibility index (Phi) is 5.27. The van der Waals surface area contributed by atoms with E-state index >= 15 is 0 Å². The molecule has 1 rings (SSSR count). The molecule has 0 spiro atoms. The van der Waals surface area contributed by atoms with E-state index in [4.69, 9.17) is 5.84 Å². The van der Waals surface area contributed by atoms with Crippen molar-refractivity contribution in [1.29, 1.82) is 0 Å². The molecule has 0 amide bonds. The summed E-state index contributed by atoms with van der Waals surface area (Å²) in [7, 11) is 4.32. The lowest BCUT2D eigenvalue weighted by Crippen LogP contribution is -2.61. The van der Waals surface area contributed by atoms with E-state index in [1.807, 2.05) is 6.92 Å². The lowest BCUT2D eigenvalue weighted by Gasteiger charge is -2.47. The fourth-order valence-corrected chi connectivity index (χ4v) is 2.88. The van der Waals surface area contributed by atoms with Crippen molar-refractivity contribution in [3.05, 3.63) is 0 Å². The van der Waals surface area contributed by atoms with E-state index in [1.165, 1.54) is 32.1 Å². The highest BCUT2D eigenvalue weighted by Crippen LogP contribution is 2.35. The molecule has 1 aliphatic rings. The van der Waals surface area contributed by atoms with E-state index in [1.54, 1.807) is 0 Å². The number of nitrogens with zero attached hydrogens (tertiary/aromatic N) is 1. The van der Waals surface area contributed by atoms with Gasteiger partial charge in [-0.2, -0.15) is 0 Å². The minimum atomic E-state index is 0.191. The fourth-order valence-electron chi connectivity index (χ4n) is 2.88. The molecule has 0 aromatic heterocycles. The van der Waals surface area contributed by atoms with Crippen molar-refractivity contribution in [2.75, 3.05) is 14.1 Å². The number of rotatable bonds is 4. The van der Waals surface area contributed by atoms with Crippen molar-refractivity contribution in [3.8, 4) is 11.8 Å². The van der Waals surface area contributed by atoms with Gasteiger partial charge in [0.15, 0.2) is 0 Å². The molecule has 1 fully saturated rings. The van der Waals surface area contributed by atoms with Gasteiger partial charge in [0, 0.05) is 12.0 Å². The van der Waals surface area contributed by atoms with Gasteiger partial charge in [0.1, 0.15) is 0 Å². The van der Waals surface area contributed by atoms with Crippen molar-refractivity contribution in [2.45, 2.75) is 57.0 Å². The van der Waals surface area contributed by atoms with Crippen LogP contribution in [0.5, 0.6) is 0 Å². The summed E-state index contributed by atoms with van der Waals surface area (Å²) in [6, 6.07) is 0.273. The highest BCUT2D eigenvalue weighted by atomic mass is 15.3. The normalized spacial score (nSPS) is 21.3. The Morgan fingerprint density at radius 1 is 1.31 bits per heavy atom. The Bertz CT molecular complexity index is 256. The van der Waals surface area contributed by atoms with E-state index in [9.17, 15) is 0 Å². The molecule has 0 aliphatic heterocycles.